The van der Waals surface area contributed by atoms with Crippen molar-refractivity contribution in [1.82, 2.24) is 4.90 Å². The largest absolute Gasteiger partial charge is 0.378 e. The van der Waals surface area contributed by atoms with Crippen molar-refractivity contribution in [2.45, 2.75) is 19.9 Å². The van der Waals surface area contributed by atoms with E-state index < -0.39 is 4.92 Å². The first kappa shape index (κ1) is 14.9. The van der Waals surface area contributed by atoms with E-state index in [-0.39, 0.29) is 11.3 Å². The van der Waals surface area contributed by atoms with Gasteiger partial charge in [-0.05, 0) is 33.0 Å². The fourth-order valence-electron chi connectivity index (χ4n) is 1.53. The predicted molar refractivity (Wildman–Crippen MR) is 74.1 cm³/mol. The molecule has 6 nitrogen and oxygen atoms in total. The third kappa shape index (κ3) is 4.23. The molecule has 6 heteroatoms. The lowest BCUT2D eigenvalue weighted by Crippen LogP contribution is -2.31. The van der Waals surface area contributed by atoms with E-state index in [0.717, 1.165) is 6.54 Å². The molecule has 0 aliphatic rings. The minimum Gasteiger partial charge on any atom is -0.378 e. The van der Waals surface area contributed by atoms with E-state index in [1.165, 1.54) is 6.07 Å². The van der Waals surface area contributed by atoms with Gasteiger partial charge in [0.25, 0.3) is 5.69 Å². The van der Waals surface area contributed by atoms with Crippen LogP contribution >= 0.6 is 0 Å². The number of nitrogens with one attached hydrogen (secondary N) is 1. The Morgan fingerprint density at radius 3 is 2.74 bits per heavy atom. The van der Waals surface area contributed by atoms with Gasteiger partial charge in [-0.2, -0.15) is 5.26 Å². The van der Waals surface area contributed by atoms with E-state index >= 15 is 0 Å². The molecule has 1 rings (SSSR count). The van der Waals surface area contributed by atoms with Gasteiger partial charge in [0.15, 0.2) is 0 Å². The van der Waals surface area contributed by atoms with Crippen molar-refractivity contribution in [2.75, 3.05) is 25.5 Å². The first-order valence-corrected chi connectivity index (χ1v) is 6.08. The molecule has 0 heterocycles. The maximum Gasteiger partial charge on any atom is 0.293 e. The molecule has 0 saturated carbocycles. The summed E-state index contributed by atoms with van der Waals surface area (Å²) in [6.45, 7) is 5.57. The second-order valence-corrected chi connectivity index (χ2v) is 4.60. The van der Waals surface area contributed by atoms with Gasteiger partial charge < -0.3 is 10.2 Å². The number of nitro benzene ring substituents is 1. The van der Waals surface area contributed by atoms with Crippen molar-refractivity contribution < 1.29 is 4.92 Å². The van der Waals surface area contributed by atoms with Crippen molar-refractivity contribution in [1.29, 1.82) is 5.26 Å². The molecule has 0 aliphatic heterocycles. The number of nitro groups is 1. The Morgan fingerprint density at radius 2 is 2.21 bits per heavy atom. The minimum absolute atomic E-state index is 0.0637. The summed E-state index contributed by atoms with van der Waals surface area (Å²) in [6, 6.07) is 6.76. The van der Waals surface area contributed by atoms with E-state index in [4.69, 9.17) is 5.26 Å². The number of likely N-dealkylation sites (N-methyl/N-ethyl adjacent to an activating group) is 1. The van der Waals surface area contributed by atoms with E-state index in [1.54, 1.807) is 12.1 Å². The molecular weight excluding hydrogens is 244 g/mol. The molecule has 0 bridgehead atoms. The van der Waals surface area contributed by atoms with Crippen LogP contribution in [0.1, 0.15) is 19.4 Å². The summed E-state index contributed by atoms with van der Waals surface area (Å²) in [4.78, 5) is 12.6. The summed E-state index contributed by atoms with van der Waals surface area (Å²) in [5, 5.41) is 22.7. The average molecular weight is 262 g/mol. The Kier molecular flexibility index (Phi) is 5.27. The van der Waals surface area contributed by atoms with Crippen LogP contribution in [0.4, 0.5) is 11.4 Å². The van der Waals surface area contributed by atoms with Gasteiger partial charge in [-0.25, -0.2) is 0 Å². The van der Waals surface area contributed by atoms with Crippen molar-refractivity contribution in [3.8, 4) is 6.07 Å². The Hall–Kier alpha value is -2.13. The standard InChI is InChI=1S/C13H18N4O2/c1-10(2)16(3)7-6-15-12-5-4-11(9-14)8-13(12)17(18)19/h4-5,8,10,15H,6-7H2,1-3H3. The van der Waals surface area contributed by atoms with Crippen LogP contribution in [0.3, 0.4) is 0 Å². The van der Waals surface area contributed by atoms with E-state index in [0.29, 0.717) is 18.3 Å². The Balaban J connectivity index is 2.73. The Labute approximate surface area is 112 Å². The third-order valence-electron chi connectivity index (χ3n) is 2.99. The monoisotopic (exact) mass is 262 g/mol. The molecule has 0 amide bonds. The summed E-state index contributed by atoms with van der Waals surface area (Å²) >= 11 is 0. The highest BCUT2D eigenvalue weighted by Gasteiger charge is 2.14. The third-order valence-corrected chi connectivity index (χ3v) is 2.99. The molecule has 0 aliphatic carbocycles. The Morgan fingerprint density at radius 1 is 1.53 bits per heavy atom. The summed E-state index contributed by atoms with van der Waals surface area (Å²) in [7, 11) is 2.00. The number of hydrogen-bond acceptors (Lipinski definition) is 5. The van der Waals surface area contributed by atoms with Crippen LogP contribution in [0.25, 0.3) is 0 Å². The second-order valence-electron chi connectivity index (χ2n) is 4.60. The lowest BCUT2D eigenvalue weighted by atomic mass is 10.2. The number of nitrogens with zero attached hydrogens (tertiary/aromatic N) is 3. The maximum atomic E-state index is 10.9. The topological polar surface area (TPSA) is 82.2 Å². The van der Waals surface area contributed by atoms with Crippen LogP contribution < -0.4 is 5.32 Å². The van der Waals surface area contributed by atoms with Gasteiger partial charge in [0.05, 0.1) is 16.6 Å². The van der Waals surface area contributed by atoms with E-state index in [1.807, 2.05) is 13.1 Å². The molecule has 1 N–H and O–H groups in total. The molecule has 102 valence electrons. The molecule has 0 spiro atoms. The quantitative estimate of drug-likeness (QED) is 0.628. The van der Waals surface area contributed by atoms with Gasteiger partial charge in [0, 0.05) is 25.2 Å². The second kappa shape index (κ2) is 6.71. The van der Waals surface area contributed by atoms with Crippen molar-refractivity contribution in [2.24, 2.45) is 0 Å². The van der Waals surface area contributed by atoms with Crippen molar-refractivity contribution in [3.05, 3.63) is 33.9 Å². The zero-order valence-electron chi connectivity index (χ0n) is 11.4. The van der Waals surface area contributed by atoms with Gasteiger partial charge >= 0.3 is 0 Å². The Bertz CT molecular complexity index is 494. The summed E-state index contributed by atoms with van der Waals surface area (Å²) in [6.07, 6.45) is 0. The normalized spacial score (nSPS) is 10.5. The van der Waals surface area contributed by atoms with Crippen LogP contribution in [-0.2, 0) is 0 Å². The molecule has 19 heavy (non-hydrogen) atoms. The highest BCUT2D eigenvalue weighted by molar-refractivity contribution is 5.64. The number of anilines is 1. The number of rotatable bonds is 6. The van der Waals surface area contributed by atoms with E-state index in [9.17, 15) is 10.1 Å². The van der Waals surface area contributed by atoms with E-state index in [2.05, 4.69) is 24.1 Å². The van der Waals surface area contributed by atoms with Crippen molar-refractivity contribution in [3.63, 3.8) is 0 Å². The van der Waals surface area contributed by atoms with Gasteiger partial charge in [0.1, 0.15) is 5.69 Å². The molecule has 1 aromatic carbocycles. The van der Waals surface area contributed by atoms with Crippen LogP contribution in [0.15, 0.2) is 18.2 Å². The zero-order chi connectivity index (χ0) is 14.4. The minimum atomic E-state index is -0.477. The van der Waals surface area contributed by atoms with Crippen LogP contribution in [0, 0.1) is 21.4 Å². The predicted octanol–water partition coefficient (Wildman–Crippen LogP) is 2.22. The summed E-state index contributed by atoms with van der Waals surface area (Å²) in [5.41, 5.74) is 0.670. The van der Waals surface area contributed by atoms with Crippen LogP contribution in [0.2, 0.25) is 0 Å². The molecule has 0 atom stereocenters. The summed E-state index contributed by atoms with van der Waals surface area (Å²) < 4.78 is 0. The smallest absolute Gasteiger partial charge is 0.293 e. The lowest BCUT2D eigenvalue weighted by Gasteiger charge is -2.21. The average Bonchev–Trinajstić information content (AvgIpc) is 2.38. The van der Waals surface area contributed by atoms with Gasteiger partial charge in [-0.1, -0.05) is 0 Å². The van der Waals surface area contributed by atoms with Gasteiger partial charge in [0.2, 0.25) is 0 Å². The SMILES string of the molecule is CC(C)N(C)CCNc1ccc(C#N)cc1[N+](=O)[O-]. The highest BCUT2D eigenvalue weighted by Crippen LogP contribution is 2.25. The number of nitriles is 1. The fourth-order valence-corrected chi connectivity index (χ4v) is 1.53. The lowest BCUT2D eigenvalue weighted by molar-refractivity contribution is -0.384. The molecule has 0 aromatic heterocycles. The maximum absolute atomic E-state index is 10.9. The number of hydrogen-bond donors (Lipinski definition) is 1. The first-order chi connectivity index (χ1) is 8.95. The molecule has 0 unspecified atom stereocenters. The van der Waals surface area contributed by atoms with Gasteiger partial charge in [-0.15, -0.1) is 0 Å². The summed E-state index contributed by atoms with van der Waals surface area (Å²) in [5.74, 6) is 0. The fraction of sp³-hybridized carbons (Fsp3) is 0.462. The van der Waals surface area contributed by atoms with Crippen molar-refractivity contribution >= 4 is 11.4 Å². The van der Waals surface area contributed by atoms with Crippen LogP contribution in [0.5, 0.6) is 0 Å². The zero-order valence-corrected chi connectivity index (χ0v) is 11.4. The number of benzene rings is 1. The van der Waals surface area contributed by atoms with Crippen LogP contribution in [-0.4, -0.2) is 36.0 Å². The molecule has 0 radical (unpaired) electrons. The molecule has 1 aromatic rings. The molecule has 0 fully saturated rings. The van der Waals surface area contributed by atoms with Gasteiger partial charge in [-0.3, -0.25) is 10.1 Å². The first-order valence-electron chi connectivity index (χ1n) is 6.08. The molecular formula is C13H18N4O2. The molecule has 0 saturated heterocycles. The highest BCUT2D eigenvalue weighted by atomic mass is 16.6.